The summed E-state index contributed by atoms with van der Waals surface area (Å²) < 4.78 is 18.4. The Hall–Kier alpha value is -0.680. The fourth-order valence-electron chi connectivity index (χ4n) is 1.48. The van der Waals surface area contributed by atoms with E-state index in [0.717, 1.165) is 0 Å². The largest absolute Gasteiger partial charge is 0.385 e. The van der Waals surface area contributed by atoms with Gasteiger partial charge in [-0.05, 0) is 25.0 Å². The van der Waals surface area contributed by atoms with E-state index < -0.39 is 0 Å². The van der Waals surface area contributed by atoms with Crippen LogP contribution in [0.15, 0.2) is 18.2 Å². The molecular weight excluding hydrogens is 231 g/mol. The van der Waals surface area contributed by atoms with Crippen LogP contribution in [0.3, 0.4) is 0 Å². The summed E-state index contributed by atoms with van der Waals surface area (Å²) in [6, 6.07) is 4.60. The monoisotopic (exact) mass is 246 g/mol. The molecule has 0 radical (unpaired) electrons. The lowest BCUT2D eigenvalue weighted by atomic mass is 10.0. The smallest absolute Gasteiger partial charge is 0.127 e. The lowest BCUT2D eigenvalue weighted by Crippen LogP contribution is -2.37. The first-order valence-corrected chi connectivity index (χ1v) is 5.44. The third-order valence-electron chi connectivity index (χ3n) is 2.42. The Kier molecular flexibility index (Phi) is 5.69. The minimum absolute atomic E-state index is 0.0469. The van der Waals surface area contributed by atoms with E-state index in [1.165, 1.54) is 6.07 Å². The van der Waals surface area contributed by atoms with Gasteiger partial charge in [-0.2, -0.15) is 0 Å². The van der Waals surface area contributed by atoms with Gasteiger partial charge in [-0.25, -0.2) is 4.39 Å². The third kappa shape index (κ3) is 3.72. The normalized spacial score (nSPS) is 12.8. The van der Waals surface area contributed by atoms with Crippen LogP contribution >= 0.6 is 11.6 Å². The molecule has 1 rings (SSSR count). The van der Waals surface area contributed by atoms with Crippen LogP contribution in [-0.2, 0) is 11.2 Å². The highest BCUT2D eigenvalue weighted by atomic mass is 35.5. The molecule has 1 atom stereocenters. The highest BCUT2D eigenvalue weighted by Gasteiger charge is 2.13. The number of ether oxygens (including phenoxy) is 1. The molecule has 0 saturated carbocycles. The van der Waals surface area contributed by atoms with Crippen LogP contribution in [0.2, 0.25) is 5.02 Å². The fourth-order valence-corrected chi connectivity index (χ4v) is 1.72. The molecular formula is C11H16ClFN2O. The molecule has 0 aliphatic heterocycles. The van der Waals surface area contributed by atoms with Gasteiger partial charge in [0.25, 0.3) is 0 Å². The summed E-state index contributed by atoms with van der Waals surface area (Å²) in [4.78, 5) is 0. The van der Waals surface area contributed by atoms with E-state index in [9.17, 15) is 4.39 Å². The van der Waals surface area contributed by atoms with Crippen molar-refractivity contribution in [3.63, 3.8) is 0 Å². The van der Waals surface area contributed by atoms with Crippen LogP contribution in [0.1, 0.15) is 12.0 Å². The molecule has 16 heavy (non-hydrogen) atoms. The fraction of sp³-hybridized carbons (Fsp3) is 0.455. The van der Waals surface area contributed by atoms with E-state index in [4.69, 9.17) is 22.2 Å². The first-order valence-electron chi connectivity index (χ1n) is 5.07. The lowest BCUT2D eigenvalue weighted by molar-refractivity contribution is 0.182. The lowest BCUT2D eigenvalue weighted by Gasteiger charge is -2.16. The van der Waals surface area contributed by atoms with E-state index in [2.05, 4.69) is 5.43 Å². The second-order valence-electron chi connectivity index (χ2n) is 3.55. The van der Waals surface area contributed by atoms with Gasteiger partial charge in [0.05, 0.1) is 0 Å². The van der Waals surface area contributed by atoms with Gasteiger partial charge in [-0.15, -0.1) is 0 Å². The van der Waals surface area contributed by atoms with Gasteiger partial charge >= 0.3 is 0 Å². The number of methoxy groups -OCH3 is 1. The quantitative estimate of drug-likeness (QED) is 0.595. The van der Waals surface area contributed by atoms with Crippen molar-refractivity contribution in [3.05, 3.63) is 34.6 Å². The van der Waals surface area contributed by atoms with Gasteiger partial charge in [0, 0.05) is 30.3 Å². The molecule has 0 aliphatic carbocycles. The number of nitrogens with two attached hydrogens (primary N) is 1. The van der Waals surface area contributed by atoms with Crippen molar-refractivity contribution in [2.24, 2.45) is 5.84 Å². The average Bonchev–Trinajstić information content (AvgIpc) is 2.28. The number of nitrogens with one attached hydrogen (secondary N) is 1. The van der Waals surface area contributed by atoms with E-state index in [1.54, 1.807) is 19.2 Å². The second kappa shape index (κ2) is 6.81. The maximum Gasteiger partial charge on any atom is 0.127 e. The first kappa shape index (κ1) is 13.4. The van der Waals surface area contributed by atoms with Crippen LogP contribution in [0.5, 0.6) is 0 Å². The van der Waals surface area contributed by atoms with Crippen LogP contribution in [0.25, 0.3) is 0 Å². The molecule has 0 amide bonds. The molecule has 1 aromatic carbocycles. The topological polar surface area (TPSA) is 47.3 Å². The van der Waals surface area contributed by atoms with E-state index in [1.807, 2.05) is 0 Å². The van der Waals surface area contributed by atoms with Crippen molar-refractivity contribution < 1.29 is 9.13 Å². The van der Waals surface area contributed by atoms with Crippen molar-refractivity contribution in [3.8, 4) is 0 Å². The Morgan fingerprint density at radius 2 is 2.31 bits per heavy atom. The Bertz CT molecular complexity index is 316. The Balaban J connectivity index is 2.69. The molecule has 3 nitrogen and oxygen atoms in total. The number of halogens is 2. The number of rotatable bonds is 6. The summed E-state index contributed by atoms with van der Waals surface area (Å²) >= 11 is 5.92. The number of hydrogen-bond acceptors (Lipinski definition) is 3. The molecule has 0 heterocycles. The predicted molar refractivity (Wildman–Crippen MR) is 62.7 cm³/mol. The zero-order valence-corrected chi connectivity index (χ0v) is 9.93. The van der Waals surface area contributed by atoms with Gasteiger partial charge in [0.1, 0.15) is 5.82 Å². The first-order chi connectivity index (χ1) is 7.69. The van der Waals surface area contributed by atoms with E-state index in [0.29, 0.717) is 30.0 Å². The molecule has 1 aromatic rings. The molecule has 0 aliphatic rings. The van der Waals surface area contributed by atoms with Crippen molar-refractivity contribution in [2.75, 3.05) is 13.7 Å². The SMILES string of the molecule is COCCC(Cc1c(F)cccc1Cl)NN. The molecule has 1 unspecified atom stereocenters. The summed E-state index contributed by atoms with van der Waals surface area (Å²) in [5, 5.41) is 0.428. The van der Waals surface area contributed by atoms with Gasteiger partial charge < -0.3 is 4.74 Å². The molecule has 5 heteroatoms. The molecule has 0 bridgehead atoms. The molecule has 0 aromatic heterocycles. The van der Waals surface area contributed by atoms with Gasteiger partial charge in [0.2, 0.25) is 0 Å². The molecule has 0 fully saturated rings. The van der Waals surface area contributed by atoms with Gasteiger partial charge in [-0.1, -0.05) is 17.7 Å². The molecule has 0 spiro atoms. The Morgan fingerprint density at radius 3 is 2.88 bits per heavy atom. The second-order valence-corrected chi connectivity index (χ2v) is 3.96. The zero-order valence-electron chi connectivity index (χ0n) is 9.17. The summed E-state index contributed by atoms with van der Waals surface area (Å²) in [6.07, 6.45) is 1.16. The molecule has 3 N–H and O–H groups in total. The van der Waals surface area contributed by atoms with Crippen LogP contribution in [-0.4, -0.2) is 19.8 Å². The Morgan fingerprint density at radius 1 is 1.56 bits per heavy atom. The Labute approximate surface area is 99.7 Å². The maximum absolute atomic E-state index is 13.5. The highest BCUT2D eigenvalue weighted by Crippen LogP contribution is 2.20. The van der Waals surface area contributed by atoms with E-state index in [-0.39, 0.29) is 11.9 Å². The number of benzene rings is 1. The number of hydrogen-bond donors (Lipinski definition) is 2. The summed E-state index contributed by atoms with van der Waals surface area (Å²) in [7, 11) is 1.61. The minimum Gasteiger partial charge on any atom is -0.385 e. The van der Waals surface area contributed by atoms with Crippen LogP contribution in [0, 0.1) is 5.82 Å². The standard InChI is InChI=1S/C11H16ClFN2O/c1-16-6-5-8(15-14)7-9-10(12)3-2-4-11(9)13/h2-4,8,15H,5-7,14H2,1H3. The average molecular weight is 247 g/mol. The summed E-state index contributed by atoms with van der Waals surface area (Å²) in [5.74, 6) is 5.09. The van der Waals surface area contributed by atoms with Crippen molar-refractivity contribution in [2.45, 2.75) is 18.9 Å². The van der Waals surface area contributed by atoms with Crippen LogP contribution < -0.4 is 11.3 Å². The van der Waals surface area contributed by atoms with Gasteiger partial charge in [0.15, 0.2) is 0 Å². The zero-order chi connectivity index (χ0) is 12.0. The molecule has 0 saturated heterocycles. The maximum atomic E-state index is 13.5. The van der Waals surface area contributed by atoms with Crippen molar-refractivity contribution >= 4 is 11.6 Å². The summed E-state index contributed by atoms with van der Waals surface area (Å²) in [6.45, 7) is 0.570. The third-order valence-corrected chi connectivity index (χ3v) is 2.77. The molecule has 90 valence electrons. The van der Waals surface area contributed by atoms with Crippen LogP contribution in [0.4, 0.5) is 4.39 Å². The highest BCUT2D eigenvalue weighted by molar-refractivity contribution is 6.31. The number of hydrazine groups is 1. The van der Waals surface area contributed by atoms with Crippen molar-refractivity contribution in [1.82, 2.24) is 5.43 Å². The predicted octanol–water partition coefficient (Wildman–Crippen LogP) is 1.89. The minimum atomic E-state index is -0.301. The summed E-state index contributed by atoms with van der Waals surface area (Å²) in [5.41, 5.74) is 3.12. The van der Waals surface area contributed by atoms with Gasteiger partial charge in [-0.3, -0.25) is 11.3 Å². The van der Waals surface area contributed by atoms with E-state index >= 15 is 0 Å². The van der Waals surface area contributed by atoms with Crippen molar-refractivity contribution in [1.29, 1.82) is 0 Å².